The molecule has 106 valence electrons. The number of halogens is 1. The molecule has 0 aliphatic rings. The van der Waals surface area contributed by atoms with Crippen LogP contribution in [0, 0.1) is 6.92 Å². The van der Waals surface area contributed by atoms with E-state index in [1.54, 1.807) is 0 Å². The Morgan fingerprint density at radius 1 is 1.20 bits per heavy atom. The van der Waals surface area contributed by atoms with Crippen LogP contribution in [0.3, 0.4) is 0 Å². The fourth-order valence-electron chi connectivity index (χ4n) is 1.66. The van der Waals surface area contributed by atoms with Crippen LogP contribution in [0.4, 0.5) is 11.5 Å². The Balaban J connectivity index is 2.17. The molecule has 0 bridgehead atoms. The van der Waals surface area contributed by atoms with Crippen molar-refractivity contribution in [1.82, 2.24) is 9.97 Å². The summed E-state index contributed by atoms with van der Waals surface area (Å²) in [5.74, 6) is 1.09. The maximum atomic E-state index is 6.08. The van der Waals surface area contributed by atoms with Crippen LogP contribution in [-0.4, -0.2) is 16.6 Å². The number of hydrogen-bond acceptors (Lipinski definition) is 4. The molecule has 0 amide bonds. The van der Waals surface area contributed by atoms with Gasteiger partial charge >= 0.3 is 0 Å². The van der Waals surface area contributed by atoms with E-state index in [0.29, 0.717) is 23.3 Å². The van der Waals surface area contributed by atoms with E-state index >= 15 is 0 Å². The van der Waals surface area contributed by atoms with Crippen LogP contribution >= 0.6 is 11.6 Å². The van der Waals surface area contributed by atoms with E-state index < -0.39 is 0 Å². The van der Waals surface area contributed by atoms with E-state index in [-0.39, 0.29) is 0 Å². The van der Waals surface area contributed by atoms with Crippen molar-refractivity contribution in [3.63, 3.8) is 0 Å². The van der Waals surface area contributed by atoms with Gasteiger partial charge in [-0.15, -0.1) is 0 Å². The Morgan fingerprint density at radius 2 is 1.95 bits per heavy atom. The van der Waals surface area contributed by atoms with Gasteiger partial charge in [-0.25, -0.2) is 9.97 Å². The molecule has 5 heteroatoms. The molecule has 0 saturated heterocycles. The van der Waals surface area contributed by atoms with Gasteiger partial charge in [-0.2, -0.15) is 0 Å². The summed E-state index contributed by atoms with van der Waals surface area (Å²) >= 11 is 6.08. The Labute approximate surface area is 124 Å². The molecule has 1 aromatic carbocycles. The standard InChI is InChI=1S/C15H18ClN3O/c1-3-4-9-20-13-14(16)17-10-18-15(13)19-12-7-5-11(2)6-8-12/h5-8,10H,3-4,9H2,1-2H3,(H,17,18,19). The molecular formula is C15H18ClN3O. The van der Waals surface area contributed by atoms with Crippen molar-refractivity contribution in [3.05, 3.63) is 41.3 Å². The Kier molecular flexibility index (Phi) is 5.18. The summed E-state index contributed by atoms with van der Waals surface area (Å²) in [6.07, 6.45) is 3.45. The average Bonchev–Trinajstić information content (AvgIpc) is 2.44. The number of anilines is 2. The number of benzene rings is 1. The second kappa shape index (κ2) is 7.10. The predicted molar refractivity (Wildman–Crippen MR) is 81.9 cm³/mol. The van der Waals surface area contributed by atoms with Crippen molar-refractivity contribution < 1.29 is 4.74 Å². The fraction of sp³-hybridized carbons (Fsp3) is 0.333. The van der Waals surface area contributed by atoms with Gasteiger partial charge < -0.3 is 10.1 Å². The van der Waals surface area contributed by atoms with Crippen LogP contribution in [0.15, 0.2) is 30.6 Å². The summed E-state index contributed by atoms with van der Waals surface area (Å²) in [6.45, 7) is 4.76. The van der Waals surface area contributed by atoms with Crippen LogP contribution in [0.1, 0.15) is 25.3 Å². The summed E-state index contributed by atoms with van der Waals surface area (Å²) in [5, 5.41) is 3.53. The van der Waals surface area contributed by atoms with Crippen LogP contribution in [0.5, 0.6) is 5.75 Å². The molecule has 0 fully saturated rings. The van der Waals surface area contributed by atoms with E-state index in [9.17, 15) is 0 Å². The monoisotopic (exact) mass is 291 g/mol. The highest BCUT2D eigenvalue weighted by molar-refractivity contribution is 6.31. The highest BCUT2D eigenvalue weighted by Crippen LogP contribution is 2.31. The number of nitrogens with zero attached hydrogens (tertiary/aromatic N) is 2. The topological polar surface area (TPSA) is 47.0 Å². The normalized spacial score (nSPS) is 10.3. The van der Waals surface area contributed by atoms with Crippen molar-refractivity contribution in [2.45, 2.75) is 26.7 Å². The first-order valence-electron chi connectivity index (χ1n) is 6.67. The number of aromatic nitrogens is 2. The fourth-order valence-corrected chi connectivity index (χ4v) is 1.85. The summed E-state index contributed by atoms with van der Waals surface area (Å²) in [7, 11) is 0. The number of unbranched alkanes of at least 4 members (excludes halogenated alkanes) is 1. The third kappa shape index (κ3) is 3.84. The summed E-state index contributed by atoms with van der Waals surface area (Å²) in [5.41, 5.74) is 2.14. The minimum Gasteiger partial charge on any atom is -0.487 e. The molecule has 1 heterocycles. The van der Waals surface area contributed by atoms with E-state index in [4.69, 9.17) is 16.3 Å². The maximum Gasteiger partial charge on any atom is 0.199 e. The van der Waals surface area contributed by atoms with Crippen molar-refractivity contribution >= 4 is 23.1 Å². The molecule has 0 aliphatic carbocycles. The second-order valence-corrected chi connectivity index (χ2v) is 4.89. The smallest absolute Gasteiger partial charge is 0.199 e. The van der Waals surface area contributed by atoms with E-state index in [1.165, 1.54) is 11.9 Å². The van der Waals surface area contributed by atoms with Crippen LogP contribution < -0.4 is 10.1 Å². The van der Waals surface area contributed by atoms with Gasteiger partial charge in [-0.1, -0.05) is 42.6 Å². The van der Waals surface area contributed by atoms with Crippen molar-refractivity contribution in [1.29, 1.82) is 0 Å². The minimum absolute atomic E-state index is 0.325. The number of rotatable bonds is 6. The average molecular weight is 292 g/mol. The Hall–Kier alpha value is -1.81. The molecule has 0 atom stereocenters. The van der Waals surface area contributed by atoms with E-state index in [1.807, 2.05) is 31.2 Å². The zero-order chi connectivity index (χ0) is 14.4. The lowest BCUT2D eigenvalue weighted by molar-refractivity contribution is 0.309. The third-order valence-corrected chi connectivity index (χ3v) is 3.09. The van der Waals surface area contributed by atoms with Crippen molar-refractivity contribution in [2.24, 2.45) is 0 Å². The van der Waals surface area contributed by atoms with Gasteiger partial charge in [0.15, 0.2) is 16.7 Å². The van der Waals surface area contributed by atoms with Gasteiger partial charge in [0, 0.05) is 5.69 Å². The van der Waals surface area contributed by atoms with Gasteiger partial charge in [0.1, 0.15) is 6.33 Å². The molecule has 1 N–H and O–H groups in total. The lowest BCUT2D eigenvalue weighted by Crippen LogP contribution is -2.03. The van der Waals surface area contributed by atoms with Crippen LogP contribution in [0.25, 0.3) is 0 Å². The summed E-state index contributed by atoms with van der Waals surface area (Å²) < 4.78 is 5.68. The lowest BCUT2D eigenvalue weighted by atomic mass is 10.2. The number of aryl methyl sites for hydroxylation is 1. The van der Waals surface area contributed by atoms with Crippen LogP contribution in [-0.2, 0) is 0 Å². The largest absolute Gasteiger partial charge is 0.487 e. The number of hydrogen-bond donors (Lipinski definition) is 1. The summed E-state index contributed by atoms with van der Waals surface area (Å²) in [6, 6.07) is 8.04. The number of ether oxygens (including phenoxy) is 1. The highest BCUT2D eigenvalue weighted by atomic mass is 35.5. The maximum absolute atomic E-state index is 6.08. The molecule has 2 rings (SSSR count). The van der Waals surface area contributed by atoms with Crippen molar-refractivity contribution in [2.75, 3.05) is 11.9 Å². The SMILES string of the molecule is CCCCOc1c(Cl)ncnc1Nc1ccc(C)cc1. The molecular weight excluding hydrogens is 274 g/mol. The quantitative estimate of drug-likeness (QED) is 0.634. The molecule has 0 spiro atoms. The predicted octanol–water partition coefficient (Wildman–Crippen LogP) is 4.36. The Bertz CT molecular complexity index is 558. The van der Waals surface area contributed by atoms with Gasteiger partial charge in [-0.3, -0.25) is 0 Å². The molecule has 0 unspecified atom stereocenters. The van der Waals surface area contributed by atoms with Crippen LogP contribution in [0.2, 0.25) is 5.15 Å². The minimum atomic E-state index is 0.325. The van der Waals surface area contributed by atoms with E-state index in [2.05, 4.69) is 22.2 Å². The molecule has 0 aliphatic heterocycles. The van der Waals surface area contributed by atoms with Gasteiger partial charge in [-0.05, 0) is 25.5 Å². The molecule has 0 saturated carbocycles. The van der Waals surface area contributed by atoms with Gasteiger partial charge in [0.2, 0.25) is 0 Å². The number of nitrogens with one attached hydrogen (secondary N) is 1. The Morgan fingerprint density at radius 3 is 2.65 bits per heavy atom. The zero-order valence-electron chi connectivity index (χ0n) is 11.7. The third-order valence-electron chi connectivity index (χ3n) is 2.82. The second-order valence-electron chi connectivity index (χ2n) is 4.54. The van der Waals surface area contributed by atoms with Gasteiger partial charge in [0.05, 0.1) is 6.61 Å². The van der Waals surface area contributed by atoms with Crippen molar-refractivity contribution in [3.8, 4) is 5.75 Å². The first-order chi connectivity index (χ1) is 9.70. The molecule has 1 aromatic heterocycles. The molecule has 20 heavy (non-hydrogen) atoms. The first kappa shape index (κ1) is 14.6. The molecule has 2 aromatic rings. The lowest BCUT2D eigenvalue weighted by Gasteiger charge is -2.12. The molecule has 0 radical (unpaired) electrons. The summed E-state index contributed by atoms with van der Waals surface area (Å²) in [4.78, 5) is 8.17. The molecule has 4 nitrogen and oxygen atoms in total. The highest BCUT2D eigenvalue weighted by Gasteiger charge is 2.11. The first-order valence-corrected chi connectivity index (χ1v) is 7.05. The zero-order valence-corrected chi connectivity index (χ0v) is 12.4. The van der Waals surface area contributed by atoms with Gasteiger partial charge in [0.25, 0.3) is 0 Å². The van der Waals surface area contributed by atoms with E-state index in [0.717, 1.165) is 18.5 Å².